The van der Waals surface area contributed by atoms with Crippen molar-refractivity contribution >= 4 is 34.3 Å². The van der Waals surface area contributed by atoms with Crippen LogP contribution in [0.15, 0.2) is 0 Å². The minimum absolute atomic E-state index is 0.114. The third-order valence-corrected chi connectivity index (χ3v) is 2.66. The van der Waals surface area contributed by atoms with E-state index in [1.54, 1.807) is 13.8 Å². The molecule has 76 valence electrons. The first-order chi connectivity index (χ1) is 6.07. The molecular weight excluding hydrogens is 283 g/mol. The highest BCUT2D eigenvalue weighted by Gasteiger charge is 2.14. The van der Waals surface area contributed by atoms with Gasteiger partial charge in [0.2, 0.25) is 0 Å². The Morgan fingerprint density at radius 1 is 1.46 bits per heavy atom. The fraction of sp³-hybridized carbons (Fsp3) is 0.778. The normalized spacial score (nSPS) is 12.2. The second-order valence-electron chi connectivity index (χ2n) is 2.81. The molecule has 0 radical (unpaired) electrons. The van der Waals surface area contributed by atoms with Crippen molar-refractivity contribution in [1.29, 1.82) is 0 Å². The summed E-state index contributed by atoms with van der Waals surface area (Å²) in [5.74, 6) is -0.000823. The van der Waals surface area contributed by atoms with Gasteiger partial charge in [-0.15, -0.1) is 0 Å². The molecule has 0 spiro atoms. The molecule has 0 saturated carbocycles. The molecular formula is C9H15IO3. The van der Waals surface area contributed by atoms with E-state index in [0.29, 0.717) is 13.0 Å². The summed E-state index contributed by atoms with van der Waals surface area (Å²) >= 11 is 2.05. The van der Waals surface area contributed by atoms with E-state index in [-0.39, 0.29) is 15.7 Å². The molecule has 3 nitrogen and oxygen atoms in total. The molecule has 4 heteroatoms. The lowest BCUT2D eigenvalue weighted by Crippen LogP contribution is -2.17. The number of carbonyl (C=O) groups excluding carboxylic acids is 2. The van der Waals surface area contributed by atoms with E-state index >= 15 is 0 Å². The minimum Gasteiger partial charge on any atom is -0.465 e. The maximum absolute atomic E-state index is 11.1. The number of rotatable bonds is 6. The summed E-state index contributed by atoms with van der Waals surface area (Å²) in [7, 11) is 0. The first kappa shape index (κ1) is 12.9. The highest BCUT2D eigenvalue weighted by Crippen LogP contribution is 2.12. The third-order valence-electron chi connectivity index (χ3n) is 1.53. The zero-order chi connectivity index (χ0) is 10.3. The van der Waals surface area contributed by atoms with E-state index in [1.165, 1.54) is 0 Å². The van der Waals surface area contributed by atoms with Crippen molar-refractivity contribution in [2.24, 2.45) is 0 Å². The number of carbonyl (C=O) groups is 2. The predicted molar refractivity (Wildman–Crippen MR) is 59.0 cm³/mol. The van der Waals surface area contributed by atoms with Crippen molar-refractivity contribution in [3.8, 4) is 0 Å². The molecule has 0 aliphatic heterocycles. The van der Waals surface area contributed by atoms with Crippen LogP contribution in [-0.2, 0) is 14.3 Å². The van der Waals surface area contributed by atoms with Crippen LogP contribution in [-0.4, -0.2) is 22.3 Å². The van der Waals surface area contributed by atoms with Crippen molar-refractivity contribution in [1.82, 2.24) is 0 Å². The summed E-state index contributed by atoms with van der Waals surface area (Å²) in [6.07, 6.45) is 2.04. The largest absolute Gasteiger partial charge is 0.465 e. The Bertz CT molecular complexity index is 180. The number of ether oxygens (including phenoxy) is 1. The smallest absolute Gasteiger partial charge is 0.318 e. The maximum Gasteiger partial charge on any atom is 0.318 e. The van der Waals surface area contributed by atoms with Gasteiger partial charge in [-0.1, -0.05) is 22.6 Å². The van der Waals surface area contributed by atoms with Crippen molar-refractivity contribution in [2.45, 2.75) is 37.0 Å². The van der Waals surface area contributed by atoms with E-state index in [0.717, 1.165) is 12.8 Å². The van der Waals surface area contributed by atoms with Gasteiger partial charge >= 0.3 is 5.97 Å². The molecule has 0 aromatic heterocycles. The molecule has 0 fully saturated rings. The lowest BCUT2D eigenvalue weighted by atomic mass is 10.1. The highest BCUT2D eigenvalue weighted by atomic mass is 127. The topological polar surface area (TPSA) is 43.4 Å². The second-order valence-corrected chi connectivity index (χ2v) is 4.32. The van der Waals surface area contributed by atoms with Crippen molar-refractivity contribution in [2.75, 3.05) is 6.61 Å². The van der Waals surface area contributed by atoms with Crippen molar-refractivity contribution in [3.05, 3.63) is 0 Å². The molecule has 0 aromatic carbocycles. The molecule has 0 aromatic rings. The van der Waals surface area contributed by atoms with E-state index in [9.17, 15) is 9.59 Å². The minimum atomic E-state index is -0.174. The average molecular weight is 298 g/mol. The molecule has 0 bridgehead atoms. The van der Waals surface area contributed by atoms with Gasteiger partial charge in [0.1, 0.15) is 9.71 Å². The molecule has 1 atom stereocenters. The summed E-state index contributed by atoms with van der Waals surface area (Å²) in [5.41, 5.74) is 0. The van der Waals surface area contributed by atoms with Gasteiger partial charge in [-0.2, -0.15) is 0 Å². The molecule has 0 heterocycles. The summed E-state index contributed by atoms with van der Waals surface area (Å²) in [5, 5.41) is 0. The lowest BCUT2D eigenvalue weighted by Gasteiger charge is -2.07. The van der Waals surface area contributed by atoms with E-state index < -0.39 is 0 Å². The zero-order valence-electron chi connectivity index (χ0n) is 8.01. The molecule has 13 heavy (non-hydrogen) atoms. The SMILES string of the molecule is CCOC(=O)C(I)CCCC(C)=O. The third kappa shape index (κ3) is 6.98. The second kappa shape index (κ2) is 7.29. The number of ketones is 1. The standard InChI is InChI=1S/C9H15IO3/c1-3-13-9(12)8(10)6-4-5-7(2)11/h8H,3-6H2,1-2H3. The zero-order valence-corrected chi connectivity index (χ0v) is 10.2. The number of Topliss-reactive ketones (excluding diaryl/α,β-unsaturated/α-hetero) is 1. The molecule has 1 unspecified atom stereocenters. The van der Waals surface area contributed by atoms with Gasteiger partial charge in [-0.25, -0.2) is 0 Å². The van der Waals surface area contributed by atoms with E-state index in [4.69, 9.17) is 4.74 Å². The summed E-state index contributed by atoms with van der Waals surface area (Å²) in [4.78, 5) is 21.7. The van der Waals surface area contributed by atoms with Crippen LogP contribution < -0.4 is 0 Å². The van der Waals surface area contributed by atoms with Crippen molar-refractivity contribution < 1.29 is 14.3 Å². The van der Waals surface area contributed by atoms with Crippen LogP contribution in [0.25, 0.3) is 0 Å². The molecule has 0 aliphatic rings. The Hall–Kier alpha value is -0.130. The van der Waals surface area contributed by atoms with Crippen LogP contribution in [0.3, 0.4) is 0 Å². The quantitative estimate of drug-likeness (QED) is 0.428. The van der Waals surface area contributed by atoms with Gasteiger partial charge in [0.25, 0.3) is 0 Å². The summed E-state index contributed by atoms with van der Waals surface area (Å²) in [6, 6.07) is 0. The van der Waals surface area contributed by atoms with Crippen LogP contribution in [0.5, 0.6) is 0 Å². The van der Waals surface area contributed by atoms with Crippen molar-refractivity contribution in [3.63, 3.8) is 0 Å². The average Bonchev–Trinajstić information content (AvgIpc) is 2.04. The number of hydrogen-bond acceptors (Lipinski definition) is 3. The van der Waals surface area contributed by atoms with Gasteiger partial charge in [-0.05, 0) is 26.7 Å². The van der Waals surface area contributed by atoms with Gasteiger partial charge < -0.3 is 9.53 Å². The van der Waals surface area contributed by atoms with Gasteiger partial charge in [0.05, 0.1) is 6.61 Å². The Morgan fingerprint density at radius 3 is 2.54 bits per heavy atom. The molecule has 0 amide bonds. The number of hydrogen-bond donors (Lipinski definition) is 0. The maximum atomic E-state index is 11.1. The van der Waals surface area contributed by atoms with Crippen LogP contribution in [0.2, 0.25) is 0 Å². The van der Waals surface area contributed by atoms with Gasteiger partial charge in [0, 0.05) is 6.42 Å². The monoisotopic (exact) mass is 298 g/mol. The van der Waals surface area contributed by atoms with Crippen LogP contribution in [0.4, 0.5) is 0 Å². The lowest BCUT2D eigenvalue weighted by molar-refractivity contribution is -0.142. The summed E-state index contributed by atoms with van der Waals surface area (Å²) in [6.45, 7) is 3.77. The van der Waals surface area contributed by atoms with Crippen LogP contribution in [0, 0.1) is 0 Å². The Kier molecular flexibility index (Phi) is 7.22. The van der Waals surface area contributed by atoms with E-state index in [1.807, 2.05) is 0 Å². The fourth-order valence-corrected chi connectivity index (χ4v) is 1.50. The molecule has 0 saturated heterocycles. The fourth-order valence-electron chi connectivity index (χ4n) is 0.881. The Labute approximate surface area is 92.4 Å². The van der Waals surface area contributed by atoms with Crippen LogP contribution >= 0.6 is 22.6 Å². The predicted octanol–water partition coefficient (Wildman–Crippen LogP) is 2.11. The Balaban J connectivity index is 3.55. The Morgan fingerprint density at radius 2 is 2.08 bits per heavy atom. The molecule has 0 aliphatic carbocycles. The van der Waals surface area contributed by atoms with Gasteiger partial charge in [-0.3, -0.25) is 4.79 Å². The first-order valence-corrected chi connectivity index (χ1v) is 5.62. The number of halogens is 1. The highest BCUT2D eigenvalue weighted by molar-refractivity contribution is 14.1. The number of alkyl halides is 1. The number of esters is 1. The summed E-state index contributed by atoms with van der Waals surface area (Å²) < 4.78 is 4.72. The van der Waals surface area contributed by atoms with Crippen LogP contribution in [0.1, 0.15) is 33.1 Å². The van der Waals surface area contributed by atoms with Gasteiger partial charge in [0.15, 0.2) is 0 Å². The molecule has 0 N–H and O–H groups in total. The van der Waals surface area contributed by atoms with E-state index in [2.05, 4.69) is 22.6 Å². The first-order valence-electron chi connectivity index (χ1n) is 4.38. The molecule has 0 rings (SSSR count).